The van der Waals surface area contributed by atoms with Gasteiger partial charge in [-0.1, -0.05) is 6.07 Å². The van der Waals surface area contributed by atoms with Gasteiger partial charge in [0, 0.05) is 45.2 Å². The molecule has 1 N–H and O–H groups in total. The molecule has 2 atom stereocenters. The van der Waals surface area contributed by atoms with Crippen LogP contribution in [0.25, 0.3) is 0 Å². The van der Waals surface area contributed by atoms with Crippen LogP contribution in [0.2, 0.25) is 0 Å². The lowest BCUT2D eigenvalue weighted by molar-refractivity contribution is -0.127. The van der Waals surface area contributed by atoms with Gasteiger partial charge in [0.05, 0.1) is 12.5 Å². The number of methoxy groups -OCH3 is 1. The summed E-state index contributed by atoms with van der Waals surface area (Å²) in [5.41, 5.74) is 1.20. The highest BCUT2D eigenvalue weighted by Gasteiger charge is 2.29. The largest absolute Gasteiger partial charge is 0.383 e. The van der Waals surface area contributed by atoms with Crippen molar-refractivity contribution in [3.8, 4) is 0 Å². The Bertz CT molecular complexity index is 438. The molecule has 21 heavy (non-hydrogen) atoms. The third kappa shape index (κ3) is 4.79. The van der Waals surface area contributed by atoms with Crippen molar-refractivity contribution in [2.24, 2.45) is 5.92 Å². The maximum absolute atomic E-state index is 12.2. The Morgan fingerprint density at radius 1 is 1.52 bits per heavy atom. The number of nitrogens with zero attached hydrogens (tertiary/aromatic N) is 2. The Kier molecular flexibility index (Phi) is 6.14. The minimum absolute atomic E-state index is 0.0785. The number of likely N-dealkylation sites (tertiary alicyclic amines) is 1. The van der Waals surface area contributed by atoms with E-state index in [-0.39, 0.29) is 11.8 Å². The highest BCUT2D eigenvalue weighted by atomic mass is 16.5. The van der Waals surface area contributed by atoms with Crippen molar-refractivity contribution in [1.29, 1.82) is 0 Å². The fourth-order valence-electron chi connectivity index (χ4n) is 2.76. The first-order valence-corrected chi connectivity index (χ1v) is 7.60. The standard InChI is InChI=1S/C16H25N3O2/c1-13-5-6-15(16(20)18-8-9-21-2)12-19(13)11-14-4-3-7-17-10-14/h3-4,7,10,13,15H,5-6,8-9,11-12H2,1-2H3,(H,18,20)/t13-,15+/m1/s1. The first-order valence-electron chi connectivity index (χ1n) is 7.60. The highest BCUT2D eigenvalue weighted by molar-refractivity contribution is 5.78. The Morgan fingerprint density at radius 3 is 3.10 bits per heavy atom. The SMILES string of the molecule is COCCNC(=O)[C@H]1CC[C@@H](C)N(Cc2cccnc2)C1. The van der Waals surface area contributed by atoms with E-state index in [9.17, 15) is 4.79 Å². The zero-order chi connectivity index (χ0) is 15.1. The van der Waals surface area contributed by atoms with E-state index in [1.165, 1.54) is 5.56 Å². The monoisotopic (exact) mass is 291 g/mol. The molecule has 1 amide bonds. The minimum atomic E-state index is 0.0785. The Morgan fingerprint density at radius 2 is 2.38 bits per heavy atom. The first-order chi connectivity index (χ1) is 10.2. The summed E-state index contributed by atoms with van der Waals surface area (Å²) in [6.07, 6.45) is 5.70. The van der Waals surface area contributed by atoms with Gasteiger partial charge in [-0.2, -0.15) is 0 Å². The van der Waals surface area contributed by atoms with Crippen LogP contribution in [0.3, 0.4) is 0 Å². The summed E-state index contributed by atoms with van der Waals surface area (Å²) < 4.78 is 4.96. The number of carbonyl (C=O) groups is 1. The number of hydrogen-bond donors (Lipinski definition) is 1. The predicted octanol–water partition coefficient (Wildman–Crippen LogP) is 1.44. The summed E-state index contributed by atoms with van der Waals surface area (Å²) in [6.45, 7) is 5.05. The van der Waals surface area contributed by atoms with Gasteiger partial charge in [-0.05, 0) is 31.4 Å². The van der Waals surface area contributed by atoms with Crippen molar-refractivity contribution < 1.29 is 9.53 Å². The van der Waals surface area contributed by atoms with Gasteiger partial charge in [0.15, 0.2) is 0 Å². The summed E-state index contributed by atoms with van der Waals surface area (Å²) in [7, 11) is 1.64. The molecule has 0 unspecified atom stereocenters. The number of pyridine rings is 1. The molecule has 1 aliphatic rings. The van der Waals surface area contributed by atoms with Crippen molar-refractivity contribution in [1.82, 2.24) is 15.2 Å². The van der Waals surface area contributed by atoms with Crippen LogP contribution in [0.15, 0.2) is 24.5 Å². The lowest BCUT2D eigenvalue weighted by atomic mass is 9.92. The Balaban J connectivity index is 1.88. The highest BCUT2D eigenvalue weighted by Crippen LogP contribution is 2.23. The predicted molar refractivity (Wildman–Crippen MR) is 81.7 cm³/mol. The molecule has 0 spiro atoms. The van der Waals surface area contributed by atoms with Gasteiger partial charge >= 0.3 is 0 Å². The van der Waals surface area contributed by atoms with E-state index >= 15 is 0 Å². The molecule has 5 nitrogen and oxygen atoms in total. The second-order valence-electron chi connectivity index (χ2n) is 5.70. The molecule has 1 aromatic rings. The zero-order valence-corrected chi connectivity index (χ0v) is 12.9. The van der Waals surface area contributed by atoms with Gasteiger partial charge in [0.2, 0.25) is 5.91 Å². The Hall–Kier alpha value is -1.46. The van der Waals surface area contributed by atoms with Crippen molar-refractivity contribution in [3.63, 3.8) is 0 Å². The smallest absolute Gasteiger partial charge is 0.224 e. The second-order valence-corrected chi connectivity index (χ2v) is 5.70. The number of nitrogens with one attached hydrogen (secondary N) is 1. The summed E-state index contributed by atoms with van der Waals surface area (Å²) in [4.78, 5) is 18.7. The average molecular weight is 291 g/mol. The maximum Gasteiger partial charge on any atom is 0.224 e. The van der Waals surface area contributed by atoms with Crippen LogP contribution in [-0.2, 0) is 16.1 Å². The zero-order valence-electron chi connectivity index (χ0n) is 12.9. The number of aromatic nitrogens is 1. The second kappa shape index (κ2) is 8.10. The van der Waals surface area contributed by atoms with Gasteiger partial charge in [-0.25, -0.2) is 0 Å². The first kappa shape index (κ1) is 15.9. The molecule has 2 rings (SSSR count). The van der Waals surface area contributed by atoms with Crippen LogP contribution in [-0.4, -0.2) is 48.6 Å². The third-order valence-electron chi connectivity index (χ3n) is 4.10. The van der Waals surface area contributed by atoms with E-state index in [2.05, 4.69) is 28.2 Å². The average Bonchev–Trinajstić information content (AvgIpc) is 2.50. The molecule has 1 aromatic heterocycles. The van der Waals surface area contributed by atoms with E-state index in [1.54, 1.807) is 13.3 Å². The van der Waals surface area contributed by atoms with Crippen molar-refractivity contribution in [2.45, 2.75) is 32.4 Å². The number of hydrogen-bond acceptors (Lipinski definition) is 4. The van der Waals surface area contributed by atoms with Crippen molar-refractivity contribution >= 4 is 5.91 Å². The van der Waals surface area contributed by atoms with Gasteiger partial charge in [0.1, 0.15) is 0 Å². The topological polar surface area (TPSA) is 54.5 Å². The molecule has 116 valence electrons. The lowest BCUT2D eigenvalue weighted by Gasteiger charge is -2.37. The fraction of sp³-hybridized carbons (Fsp3) is 0.625. The van der Waals surface area contributed by atoms with Crippen LogP contribution in [0.1, 0.15) is 25.3 Å². The van der Waals surface area contributed by atoms with E-state index in [4.69, 9.17) is 4.74 Å². The molecule has 0 radical (unpaired) electrons. The number of rotatable bonds is 6. The number of carbonyl (C=O) groups excluding carboxylic acids is 1. The maximum atomic E-state index is 12.2. The van der Waals surface area contributed by atoms with Gasteiger partial charge in [-0.3, -0.25) is 14.7 Å². The fourth-order valence-corrected chi connectivity index (χ4v) is 2.76. The normalized spacial score (nSPS) is 23.0. The van der Waals surface area contributed by atoms with E-state index in [0.29, 0.717) is 19.2 Å². The molecule has 2 heterocycles. The quantitative estimate of drug-likeness (QED) is 0.806. The number of piperidine rings is 1. The van der Waals surface area contributed by atoms with Crippen LogP contribution in [0, 0.1) is 5.92 Å². The minimum Gasteiger partial charge on any atom is -0.383 e. The van der Waals surface area contributed by atoms with E-state index in [1.807, 2.05) is 12.3 Å². The van der Waals surface area contributed by atoms with Gasteiger partial charge in [-0.15, -0.1) is 0 Å². The molecule has 1 aliphatic heterocycles. The van der Waals surface area contributed by atoms with E-state index < -0.39 is 0 Å². The van der Waals surface area contributed by atoms with Gasteiger partial charge < -0.3 is 10.1 Å². The van der Waals surface area contributed by atoms with Crippen LogP contribution >= 0.6 is 0 Å². The number of amides is 1. The molecule has 0 aromatic carbocycles. The lowest BCUT2D eigenvalue weighted by Crippen LogP contribution is -2.46. The molecular weight excluding hydrogens is 266 g/mol. The van der Waals surface area contributed by atoms with Crippen LogP contribution < -0.4 is 5.32 Å². The molecule has 0 aliphatic carbocycles. The van der Waals surface area contributed by atoms with E-state index in [0.717, 1.165) is 25.9 Å². The van der Waals surface area contributed by atoms with Gasteiger partial charge in [0.25, 0.3) is 0 Å². The van der Waals surface area contributed by atoms with Crippen LogP contribution in [0.5, 0.6) is 0 Å². The molecule has 0 bridgehead atoms. The summed E-state index contributed by atoms with van der Waals surface area (Å²) in [5.74, 6) is 0.227. The van der Waals surface area contributed by atoms with Crippen LogP contribution in [0.4, 0.5) is 0 Å². The molecular formula is C16H25N3O2. The number of ether oxygens (including phenoxy) is 1. The summed E-state index contributed by atoms with van der Waals surface area (Å²) in [6, 6.07) is 4.55. The van der Waals surface area contributed by atoms with Crippen molar-refractivity contribution in [2.75, 3.05) is 26.8 Å². The molecule has 1 fully saturated rings. The van der Waals surface area contributed by atoms with Crippen molar-refractivity contribution in [3.05, 3.63) is 30.1 Å². The molecule has 1 saturated heterocycles. The summed E-state index contributed by atoms with van der Waals surface area (Å²) >= 11 is 0. The molecule has 5 heteroatoms. The molecule has 0 saturated carbocycles. The Labute approximate surface area is 126 Å². The summed E-state index contributed by atoms with van der Waals surface area (Å²) in [5, 5.41) is 2.95. The third-order valence-corrected chi connectivity index (χ3v) is 4.10.